The Morgan fingerprint density at radius 3 is 2.50 bits per heavy atom. The molecule has 1 rings (SSSR count). The minimum Gasteiger partial charge on any atom is -0.444 e. The van der Waals surface area contributed by atoms with E-state index >= 15 is 0 Å². The van der Waals surface area contributed by atoms with Crippen molar-refractivity contribution in [2.45, 2.75) is 58.7 Å². The van der Waals surface area contributed by atoms with Crippen LogP contribution < -0.4 is 5.73 Å². The Morgan fingerprint density at radius 2 is 2.05 bits per heavy atom. The average molecular weight is 285 g/mol. The molecule has 6 heteroatoms. The van der Waals surface area contributed by atoms with E-state index in [4.69, 9.17) is 10.5 Å². The second-order valence-electron chi connectivity index (χ2n) is 6.28. The highest BCUT2D eigenvalue weighted by Crippen LogP contribution is 2.19. The average Bonchev–Trinajstić information content (AvgIpc) is 2.75. The van der Waals surface area contributed by atoms with Crippen molar-refractivity contribution in [3.63, 3.8) is 0 Å². The zero-order valence-corrected chi connectivity index (χ0v) is 13.2. The van der Waals surface area contributed by atoms with Gasteiger partial charge >= 0.3 is 6.09 Å². The van der Waals surface area contributed by atoms with Gasteiger partial charge in [-0.05, 0) is 41.0 Å². The SMILES string of the molecule is CCN(C(=O)OC(C)(C)C)[C@@H]1CCN(C(=O)[C@H](C)N)C1. The van der Waals surface area contributed by atoms with Crippen molar-refractivity contribution >= 4 is 12.0 Å². The first-order valence-corrected chi connectivity index (χ1v) is 7.19. The maximum atomic E-state index is 12.2. The van der Waals surface area contributed by atoms with E-state index < -0.39 is 11.6 Å². The number of carbonyl (C=O) groups is 2. The van der Waals surface area contributed by atoms with Crippen molar-refractivity contribution in [2.24, 2.45) is 5.73 Å². The fourth-order valence-corrected chi connectivity index (χ4v) is 2.34. The lowest BCUT2D eigenvalue weighted by Crippen LogP contribution is -2.46. The van der Waals surface area contributed by atoms with Crippen molar-refractivity contribution in [3.8, 4) is 0 Å². The smallest absolute Gasteiger partial charge is 0.410 e. The molecule has 0 bridgehead atoms. The number of carbonyl (C=O) groups excluding carboxylic acids is 2. The largest absolute Gasteiger partial charge is 0.444 e. The van der Waals surface area contributed by atoms with Gasteiger partial charge in [0.15, 0.2) is 0 Å². The third kappa shape index (κ3) is 4.37. The molecule has 0 aromatic rings. The number of likely N-dealkylation sites (N-methyl/N-ethyl adjacent to an activating group) is 1. The molecule has 1 aliphatic heterocycles. The first-order valence-electron chi connectivity index (χ1n) is 7.19. The van der Waals surface area contributed by atoms with Crippen molar-refractivity contribution in [1.82, 2.24) is 9.80 Å². The fraction of sp³-hybridized carbons (Fsp3) is 0.857. The van der Waals surface area contributed by atoms with E-state index in [2.05, 4.69) is 0 Å². The van der Waals surface area contributed by atoms with Crippen LogP contribution in [0, 0.1) is 0 Å². The van der Waals surface area contributed by atoms with Crippen molar-refractivity contribution in [1.29, 1.82) is 0 Å². The monoisotopic (exact) mass is 285 g/mol. The standard InChI is InChI=1S/C14H27N3O3/c1-6-17(13(19)20-14(3,4)5)11-7-8-16(9-11)12(18)10(2)15/h10-11H,6-9,15H2,1-5H3/t10-,11+/m0/s1. The summed E-state index contributed by atoms with van der Waals surface area (Å²) in [5.74, 6) is -0.0623. The number of nitrogens with zero attached hydrogens (tertiary/aromatic N) is 2. The molecule has 0 unspecified atom stereocenters. The van der Waals surface area contributed by atoms with E-state index in [0.29, 0.717) is 19.6 Å². The molecule has 0 aliphatic carbocycles. The number of hydrogen-bond acceptors (Lipinski definition) is 4. The Kier molecular flexibility index (Phi) is 5.39. The van der Waals surface area contributed by atoms with Gasteiger partial charge in [-0.1, -0.05) is 0 Å². The van der Waals surface area contributed by atoms with Crippen LogP contribution in [0.1, 0.15) is 41.0 Å². The van der Waals surface area contributed by atoms with Gasteiger partial charge in [-0.3, -0.25) is 4.79 Å². The van der Waals surface area contributed by atoms with Gasteiger partial charge in [0.2, 0.25) is 5.91 Å². The summed E-state index contributed by atoms with van der Waals surface area (Å²) in [6.45, 7) is 10.9. The lowest BCUT2D eigenvalue weighted by Gasteiger charge is -2.30. The van der Waals surface area contributed by atoms with Crippen molar-refractivity contribution in [2.75, 3.05) is 19.6 Å². The van der Waals surface area contributed by atoms with Crippen LogP contribution >= 0.6 is 0 Å². The normalized spacial score (nSPS) is 20.7. The molecule has 6 nitrogen and oxygen atoms in total. The molecule has 0 spiro atoms. The molecule has 2 amide bonds. The predicted molar refractivity (Wildman–Crippen MR) is 77.2 cm³/mol. The Morgan fingerprint density at radius 1 is 1.45 bits per heavy atom. The molecule has 0 aromatic carbocycles. The predicted octanol–water partition coefficient (Wildman–Crippen LogP) is 1.19. The van der Waals surface area contributed by atoms with E-state index in [1.165, 1.54) is 0 Å². The number of amides is 2. The van der Waals surface area contributed by atoms with Gasteiger partial charge in [0.1, 0.15) is 5.60 Å². The summed E-state index contributed by atoms with van der Waals surface area (Å²) in [5, 5.41) is 0. The third-order valence-corrected chi connectivity index (χ3v) is 3.27. The Bertz CT molecular complexity index is 363. The third-order valence-electron chi connectivity index (χ3n) is 3.27. The van der Waals surface area contributed by atoms with Crippen LogP contribution in [0.4, 0.5) is 4.79 Å². The van der Waals surface area contributed by atoms with E-state index in [1.807, 2.05) is 27.7 Å². The number of likely N-dealkylation sites (tertiary alicyclic amines) is 1. The molecule has 0 aromatic heterocycles. The molecule has 1 heterocycles. The van der Waals surface area contributed by atoms with Crippen molar-refractivity contribution < 1.29 is 14.3 Å². The minimum absolute atomic E-state index is 0.0116. The van der Waals surface area contributed by atoms with Gasteiger partial charge in [0.05, 0.1) is 12.1 Å². The van der Waals surface area contributed by atoms with Gasteiger partial charge in [-0.15, -0.1) is 0 Å². The number of hydrogen-bond donors (Lipinski definition) is 1. The van der Waals surface area contributed by atoms with Crippen LogP contribution in [-0.2, 0) is 9.53 Å². The molecule has 1 aliphatic rings. The van der Waals surface area contributed by atoms with E-state index in [0.717, 1.165) is 6.42 Å². The molecule has 0 radical (unpaired) electrons. The molecular formula is C14H27N3O3. The number of nitrogens with two attached hydrogens (primary N) is 1. The highest BCUT2D eigenvalue weighted by Gasteiger charge is 2.34. The maximum absolute atomic E-state index is 12.2. The van der Waals surface area contributed by atoms with Gasteiger partial charge in [0.25, 0.3) is 0 Å². The van der Waals surface area contributed by atoms with Crippen LogP contribution in [0.5, 0.6) is 0 Å². The van der Waals surface area contributed by atoms with Gasteiger partial charge in [-0.25, -0.2) is 4.79 Å². The van der Waals surface area contributed by atoms with Crippen LogP contribution in [0.25, 0.3) is 0 Å². The fourth-order valence-electron chi connectivity index (χ4n) is 2.34. The lowest BCUT2D eigenvalue weighted by molar-refractivity contribution is -0.131. The van der Waals surface area contributed by atoms with Crippen molar-refractivity contribution in [3.05, 3.63) is 0 Å². The summed E-state index contributed by atoms with van der Waals surface area (Å²) >= 11 is 0. The zero-order valence-electron chi connectivity index (χ0n) is 13.2. The van der Waals surface area contributed by atoms with Gasteiger partial charge in [-0.2, -0.15) is 0 Å². The maximum Gasteiger partial charge on any atom is 0.410 e. The zero-order chi connectivity index (χ0) is 15.5. The first kappa shape index (κ1) is 16.8. The number of rotatable bonds is 3. The van der Waals surface area contributed by atoms with Crippen LogP contribution in [0.3, 0.4) is 0 Å². The highest BCUT2D eigenvalue weighted by molar-refractivity contribution is 5.81. The summed E-state index contributed by atoms with van der Waals surface area (Å²) in [4.78, 5) is 27.4. The number of ether oxygens (including phenoxy) is 1. The summed E-state index contributed by atoms with van der Waals surface area (Å²) in [6.07, 6.45) is 0.450. The quantitative estimate of drug-likeness (QED) is 0.845. The van der Waals surface area contributed by atoms with E-state index in [9.17, 15) is 9.59 Å². The summed E-state index contributed by atoms with van der Waals surface area (Å²) in [5.41, 5.74) is 5.11. The Labute approximate surface area is 121 Å². The highest BCUT2D eigenvalue weighted by atomic mass is 16.6. The minimum atomic E-state index is -0.510. The Balaban J connectivity index is 2.64. The second-order valence-corrected chi connectivity index (χ2v) is 6.28. The van der Waals surface area contributed by atoms with Gasteiger partial charge < -0.3 is 20.3 Å². The van der Waals surface area contributed by atoms with Crippen LogP contribution in [0.2, 0.25) is 0 Å². The van der Waals surface area contributed by atoms with E-state index in [-0.39, 0.29) is 18.0 Å². The molecule has 1 fully saturated rings. The lowest BCUT2D eigenvalue weighted by atomic mass is 10.2. The Hall–Kier alpha value is -1.30. The topological polar surface area (TPSA) is 75.9 Å². The molecule has 1 saturated heterocycles. The molecular weight excluding hydrogens is 258 g/mol. The summed E-state index contributed by atoms with van der Waals surface area (Å²) in [6, 6.07) is -0.483. The second kappa shape index (κ2) is 6.43. The first-order chi connectivity index (χ1) is 9.15. The molecule has 116 valence electrons. The summed E-state index contributed by atoms with van der Waals surface area (Å²) in [7, 11) is 0. The molecule has 20 heavy (non-hydrogen) atoms. The van der Waals surface area contributed by atoms with E-state index in [1.54, 1.807) is 16.7 Å². The van der Waals surface area contributed by atoms with Crippen LogP contribution in [0.15, 0.2) is 0 Å². The van der Waals surface area contributed by atoms with Crippen LogP contribution in [-0.4, -0.2) is 59.1 Å². The summed E-state index contributed by atoms with van der Waals surface area (Å²) < 4.78 is 5.41. The molecule has 2 N–H and O–H groups in total. The molecule has 0 saturated carbocycles. The van der Waals surface area contributed by atoms with Gasteiger partial charge in [0, 0.05) is 19.6 Å². The molecule has 2 atom stereocenters.